The lowest BCUT2D eigenvalue weighted by atomic mass is 10.3. The third kappa shape index (κ3) is 3.51. The number of carbonyl (C=O) groups is 1. The van der Waals surface area contributed by atoms with E-state index in [1.165, 1.54) is 30.3 Å². The van der Waals surface area contributed by atoms with Gasteiger partial charge >= 0.3 is 0 Å². The van der Waals surface area contributed by atoms with E-state index in [2.05, 4.69) is 20.4 Å². The fourth-order valence-corrected chi connectivity index (χ4v) is 1.56. The molecule has 1 amide bonds. The van der Waals surface area contributed by atoms with Crippen LogP contribution in [0, 0.1) is 0 Å². The van der Waals surface area contributed by atoms with E-state index in [4.69, 9.17) is 4.74 Å². The maximum atomic E-state index is 11.9. The minimum atomic E-state index is -0.356. The lowest BCUT2D eigenvalue weighted by Crippen LogP contribution is -2.30. The van der Waals surface area contributed by atoms with Gasteiger partial charge in [0.25, 0.3) is 11.5 Å². The van der Waals surface area contributed by atoms with Crippen molar-refractivity contribution in [3.8, 4) is 0 Å². The maximum absolute atomic E-state index is 11.9. The molecule has 2 N–H and O–H groups in total. The number of aromatic nitrogens is 4. The highest BCUT2D eigenvalue weighted by atomic mass is 16.5. The summed E-state index contributed by atoms with van der Waals surface area (Å²) in [5, 5.41) is 6.68. The predicted molar refractivity (Wildman–Crippen MR) is 70.1 cm³/mol. The fourth-order valence-electron chi connectivity index (χ4n) is 1.56. The number of carbonyl (C=O) groups excluding carboxylic acids is 1. The van der Waals surface area contributed by atoms with E-state index in [-0.39, 0.29) is 17.2 Å². The van der Waals surface area contributed by atoms with E-state index >= 15 is 0 Å². The first-order chi connectivity index (χ1) is 9.70. The van der Waals surface area contributed by atoms with Gasteiger partial charge < -0.3 is 15.0 Å². The number of imidazole rings is 1. The van der Waals surface area contributed by atoms with Gasteiger partial charge in [-0.1, -0.05) is 0 Å². The summed E-state index contributed by atoms with van der Waals surface area (Å²) < 4.78 is 6.09. The van der Waals surface area contributed by atoms with Gasteiger partial charge in [-0.25, -0.2) is 9.67 Å². The average Bonchev–Trinajstić information content (AvgIpc) is 2.97. The van der Waals surface area contributed by atoms with E-state index in [1.54, 1.807) is 6.20 Å². The Morgan fingerprint density at radius 2 is 2.35 bits per heavy atom. The molecule has 2 aromatic rings. The SMILES string of the molecule is COCCn1nc(C(=O)NCc2cnc[nH]2)ccc1=O. The fraction of sp³-hybridized carbons (Fsp3) is 0.333. The Hall–Kier alpha value is -2.48. The van der Waals surface area contributed by atoms with Gasteiger partial charge in [0, 0.05) is 19.4 Å². The summed E-state index contributed by atoms with van der Waals surface area (Å²) in [6.07, 6.45) is 3.15. The Labute approximate surface area is 114 Å². The molecular weight excluding hydrogens is 262 g/mol. The molecule has 0 atom stereocenters. The minimum Gasteiger partial charge on any atom is -0.383 e. The van der Waals surface area contributed by atoms with Crippen LogP contribution in [0.1, 0.15) is 16.2 Å². The van der Waals surface area contributed by atoms with Gasteiger partial charge in [0.05, 0.1) is 31.7 Å². The molecular formula is C12H15N5O3. The van der Waals surface area contributed by atoms with Crippen molar-refractivity contribution >= 4 is 5.91 Å². The monoisotopic (exact) mass is 277 g/mol. The molecule has 0 aliphatic rings. The van der Waals surface area contributed by atoms with Gasteiger partial charge in [0.2, 0.25) is 0 Å². The third-order valence-corrected chi connectivity index (χ3v) is 2.60. The Morgan fingerprint density at radius 1 is 1.50 bits per heavy atom. The number of hydrogen-bond acceptors (Lipinski definition) is 5. The molecule has 2 aromatic heterocycles. The third-order valence-electron chi connectivity index (χ3n) is 2.60. The van der Waals surface area contributed by atoms with E-state index in [9.17, 15) is 9.59 Å². The molecule has 2 heterocycles. The van der Waals surface area contributed by atoms with Crippen molar-refractivity contribution in [2.24, 2.45) is 0 Å². The first-order valence-electron chi connectivity index (χ1n) is 6.03. The number of nitrogens with zero attached hydrogens (tertiary/aromatic N) is 3. The molecule has 0 saturated heterocycles. The van der Waals surface area contributed by atoms with Crippen LogP contribution in [0.3, 0.4) is 0 Å². The van der Waals surface area contributed by atoms with Crippen molar-refractivity contribution in [1.29, 1.82) is 0 Å². The number of rotatable bonds is 6. The van der Waals surface area contributed by atoms with E-state index in [0.29, 0.717) is 19.7 Å². The van der Waals surface area contributed by atoms with Crippen molar-refractivity contribution in [2.45, 2.75) is 13.1 Å². The molecule has 0 unspecified atom stereocenters. The van der Waals surface area contributed by atoms with E-state index < -0.39 is 0 Å². The summed E-state index contributed by atoms with van der Waals surface area (Å²) in [5.41, 5.74) is 0.693. The number of ether oxygens (including phenoxy) is 1. The quantitative estimate of drug-likeness (QED) is 0.744. The second-order valence-corrected chi connectivity index (χ2v) is 4.03. The normalized spacial score (nSPS) is 10.4. The molecule has 8 nitrogen and oxygen atoms in total. The molecule has 0 radical (unpaired) electrons. The second kappa shape index (κ2) is 6.62. The Kier molecular flexibility index (Phi) is 4.61. The zero-order valence-electron chi connectivity index (χ0n) is 11.0. The van der Waals surface area contributed by atoms with E-state index in [1.807, 2.05) is 0 Å². The van der Waals surface area contributed by atoms with Gasteiger partial charge in [0.1, 0.15) is 5.69 Å². The van der Waals surface area contributed by atoms with Gasteiger partial charge in [-0.15, -0.1) is 0 Å². The van der Waals surface area contributed by atoms with Crippen LogP contribution >= 0.6 is 0 Å². The molecule has 20 heavy (non-hydrogen) atoms. The van der Waals surface area contributed by atoms with Gasteiger partial charge in [-0.05, 0) is 6.07 Å². The standard InChI is InChI=1S/C12H15N5O3/c1-20-5-4-17-11(18)3-2-10(16-17)12(19)14-7-9-6-13-8-15-9/h2-3,6,8H,4-5,7H2,1H3,(H,13,15)(H,14,19). The molecule has 0 fully saturated rings. The number of amides is 1. The largest absolute Gasteiger partial charge is 0.383 e. The molecule has 0 aliphatic heterocycles. The topological polar surface area (TPSA) is 102 Å². The molecule has 0 saturated carbocycles. The molecule has 106 valence electrons. The van der Waals surface area contributed by atoms with Crippen LogP contribution in [0.4, 0.5) is 0 Å². The molecule has 0 aliphatic carbocycles. The maximum Gasteiger partial charge on any atom is 0.272 e. The number of aromatic amines is 1. The summed E-state index contributed by atoms with van der Waals surface area (Å²) in [5.74, 6) is -0.356. The van der Waals surface area contributed by atoms with Crippen LogP contribution < -0.4 is 10.9 Å². The lowest BCUT2D eigenvalue weighted by Gasteiger charge is -2.06. The summed E-state index contributed by atoms with van der Waals surface area (Å²) in [6.45, 7) is 0.973. The van der Waals surface area contributed by atoms with Crippen molar-refractivity contribution in [1.82, 2.24) is 25.1 Å². The van der Waals surface area contributed by atoms with Crippen LogP contribution in [0.2, 0.25) is 0 Å². The molecule has 8 heteroatoms. The van der Waals surface area contributed by atoms with Gasteiger partial charge in [0.15, 0.2) is 0 Å². The van der Waals surface area contributed by atoms with Crippen LogP contribution in [0.15, 0.2) is 29.5 Å². The first-order valence-corrected chi connectivity index (χ1v) is 6.03. The number of methoxy groups -OCH3 is 1. The van der Waals surface area contributed by atoms with Crippen LogP contribution in [-0.2, 0) is 17.8 Å². The summed E-state index contributed by atoms with van der Waals surface area (Å²) in [6, 6.07) is 2.71. The molecule has 0 spiro atoms. The average molecular weight is 277 g/mol. The molecule has 0 bridgehead atoms. The summed E-state index contributed by atoms with van der Waals surface area (Å²) in [4.78, 5) is 30.2. The Morgan fingerprint density at radius 3 is 3.05 bits per heavy atom. The number of H-pyrrole nitrogens is 1. The predicted octanol–water partition coefficient (Wildman–Crippen LogP) is -0.457. The zero-order chi connectivity index (χ0) is 14.4. The van der Waals surface area contributed by atoms with Gasteiger partial charge in [-0.2, -0.15) is 5.10 Å². The molecule has 2 rings (SSSR count). The second-order valence-electron chi connectivity index (χ2n) is 4.03. The smallest absolute Gasteiger partial charge is 0.272 e. The highest BCUT2D eigenvalue weighted by Gasteiger charge is 2.09. The lowest BCUT2D eigenvalue weighted by molar-refractivity contribution is 0.0941. The van der Waals surface area contributed by atoms with Crippen LogP contribution in [0.5, 0.6) is 0 Å². The summed E-state index contributed by atoms with van der Waals surface area (Å²) in [7, 11) is 1.53. The van der Waals surface area contributed by atoms with Crippen molar-refractivity contribution < 1.29 is 9.53 Å². The minimum absolute atomic E-state index is 0.181. The van der Waals surface area contributed by atoms with Crippen molar-refractivity contribution in [3.05, 3.63) is 46.4 Å². The Balaban J connectivity index is 2.03. The highest BCUT2D eigenvalue weighted by molar-refractivity contribution is 5.91. The van der Waals surface area contributed by atoms with Crippen molar-refractivity contribution in [2.75, 3.05) is 13.7 Å². The summed E-state index contributed by atoms with van der Waals surface area (Å²) >= 11 is 0. The highest BCUT2D eigenvalue weighted by Crippen LogP contribution is 1.94. The Bertz CT molecular complexity index is 620. The van der Waals surface area contributed by atoms with Crippen LogP contribution in [-0.4, -0.2) is 39.4 Å². The van der Waals surface area contributed by atoms with E-state index in [0.717, 1.165) is 5.69 Å². The van der Waals surface area contributed by atoms with Crippen LogP contribution in [0.25, 0.3) is 0 Å². The number of nitrogens with one attached hydrogen (secondary N) is 2. The zero-order valence-corrected chi connectivity index (χ0v) is 11.0. The first kappa shape index (κ1) is 13.9. The van der Waals surface area contributed by atoms with Gasteiger partial charge in [-0.3, -0.25) is 9.59 Å². The molecule has 0 aromatic carbocycles. The number of hydrogen-bond donors (Lipinski definition) is 2. The van der Waals surface area contributed by atoms with Crippen molar-refractivity contribution in [3.63, 3.8) is 0 Å².